The highest BCUT2D eigenvalue weighted by Gasteiger charge is 2.39. The van der Waals surface area contributed by atoms with Crippen LogP contribution in [0.25, 0.3) is 0 Å². The molecule has 2 heterocycles. The molecule has 0 bridgehead atoms. The minimum atomic E-state index is -0.850. The van der Waals surface area contributed by atoms with Gasteiger partial charge < -0.3 is 20.2 Å². The number of rotatable bonds is 4. The summed E-state index contributed by atoms with van der Waals surface area (Å²) in [7, 11) is 0. The molecule has 3 N–H and O–H groups in total. The van der Waals surface area contributed by atoms with E-state index in [1.165, 1.54) is 11.8 Å². The van der Waals surface area contributed by atoms with Crippen LogP contribution in [0.2, 0.25) is 0 Å². The summed E-state index contributed by atoms with van der Waals surface area (Å²) < 4.78 is 25.6. The number of hydrogen-bond donors (Lipinski definition) is 2. The molecule has 150 valence electrons. The summed E-state index contributed by atoms with van der Waals surface area (Å²) in [6.45, 7) is 6.46. The minimum Gasteiger partial charge on any atom is -0.459 e. The van der Waals surface area contributed by atoms with Crippen molar-refractivity contribution in [1.82, 2.24) is 9.97 Å². The summed E-state index contributed by atoms with van der Waals surface area (Å²) in [6, 6.07) is 0. The van der Waals surface area contributed by atoms with E-state index in [4.69, 9.17) is 15.2 Å². The van der Waals surface area contributed by atoms with Gasteiger partial charge in [0.25, 0.3) is 0 Å². The minimum absolute atomic E-state index is 0.0818. The Bertz CT molecular complexity index is 757. The van der Waals surface area contributed by atoms with Gasteiger partial charge in [-0.3, -0.25) is 0 Å². The second kappa shape index (κ2) is 8.18. The van der Waals surface area contributed by atoms with E-state index in [1.807, 2.05) is 0 Å². The number of carbonyl (C=O) groups excluding carboxylic acids is 1. The summed E-state index contributed by atoms with van der Waals surface area (Å²) >= 11 is 1.23. The summed E-state index contributed by atoms with van der Waals surface area (Å²) in [6.07, 6.45) is 2.12. The molecule has 1 aromatic heterocycles. The van der Waals surface area contributed by atoms with Gasteiger partial charge in [-0.25, -0.2) is 14.0 Å². The second-order valence-electron chi connectivity index (χ2n) is 7.75. The van der Waals surface area contributed by atoms with Gasteiger partial charge in [-0.2, -0.15) is 4.98 Å². The number of hydrogen-bond acceptors (Lipinski definition) is 7. The number of halogens is 1. The van der Waals surface area contributed by atoms with Gasteiger partial charge in [0.2, 0.25) is 5.44 Å². The maximum Gasteiger partial charge on any atom is 0.347 e. The molecule has 1 aliphatic heterocycles. The molecule has 2 aliphatic rings. The average Bonchev–Trinajstić information content (AvgIpc) is 3.08. The molecule has 5 atom stereocenters. The fraction of sp³-hybridized carbons (Fsp3) is 0.722. The molecule has 1 aromatic rings. The van der Waals surface area contributed by atoms with Crippen LogP contribution < -0.4 is 11.4 Å². The number of thioether (sulfide) groups is 1. The predicted octanol–water partition coefficient (Wildman–Crippen LogP) is 2.63. The number of aromatic amines is 1. The first-order valence-electron chi connectivity index (χ1n) is 9.29. The highest BCUT2D eigenvalue weighted by Crippen LogP contribution is 2.39. The maximum atomic E-state index is 14.2. The van der Waals surface area contributed by atoms with Gasteiger partial charge in [0, 0.05) is 5.75 Å². The molecule has 0 amide bonds. The van der Waals surface area contributed by atoms with Crippen LogP contribution in [0.1, 0.15) is 51.8 Å². The Labute approximate surface area is 161 Å². The van der Waals surface area contributed by atoms with Crippen LogP contribution in [0.5, 0.6) is 0 Å². The Balaban J connectivity index is 1.66. The smallest absolute Gasteiger partial charge is 0.347 e. The molecule has 1 saturated carbocycles. The fourth-order valence-electron chi connectivity index (χ4n) is 3.85. The van der Waals surface area contributed by atoms with E-state index in [-0.39, 0.29) is 11.8 Å². The topological polar surface area (TPSA) is 107 Å². The lowest BCUT2D eigenvalue weighted by atomic mass is 9.75. The van der Waals surface area contributed by atoms with E-state index in [1.54, 1.807) is 0 Å². The number of anilines is 1. The summed E-state index contributed by atoms with van der Waals surface area (Å²) in [5.74, 6) is -0.163. The van der Waals surface area contributed by atoms with E-state index >= 15 is 0 Å². The molecule has 1 saturated heterocycles. The van der Waals surface area contributed by atoms with E-state index in [0.717, 1.165) is 19.3 Å². The predicted molar refractivity (Wildman–Crippen MR) is 101 cm³/mol. The number of aromatic nitrogens is 2. The van der Waals surface area contributed by atoms with E-state index in [2.05, 4.69) is 30.7 Å². The Kier molecular flexibility index (Phi) is 6.10. The largest absolute Gasteiger partial charge is 0.459 e. The normalized spacial score (nSPS) is 31.2. The number of H-pyrrole nitrogens is 1. The molecule has 3 rings (SSSR count). The molecule has 2 fully saturated rings. The Morgan fingerprint density at radius 2 is 2.19 bits per heavy atom. The van der Waals surface area contributed by atoms with E-state index < -0.39 is 34.8 Å². The number of nitrogens with zero attached hydrogens (tertiary/aromatic N) is 1. The van der Waals surface area contributed by atoms with Crippen molar-refractivity contribution in [1.29, 1.82) is 0 Å². The van der Waals surface area contributed by atoms with Crippen LogP contribution >= 0.6 is 11.8 Å². The standard InChI is InChI=1S/C18H26FN3O4S/c1-8(2)10-5-4-9(3)6-11(10)25-16(23)17-26-12(7-27-17)14-13(19)15(20)22-18(24)21-14/h8-12,17H,4-7H2,1-3H3,(H3,20,21,22,24)/t9-,10?,11?,12+,17+/m1/s1. The van der Waals surface area contributed by atoms with Gasteiger partial charge in [0.15, 0.2) is 11.6 Å². The van der Waals surface area contributed by atoms with E-state index in [9.17, 15) is 14.0 Å². The number of nitrogens with one attached hydrogen (secondary N) is 1. The zero-order chi connectivity index (χ0) is 19.7. The van der Waals surface area contributed by atoms with Crippen molar-refractivity contribution in [2.45, 2.75) is 57.7 Å². The maximum absolute atomic E-state index is 14.2. The highest BCUT2D eigenvalue weighted by atomic mass is 32.2. The molecule has 2 unspecified atom stereocenters. The summed E-state index contributed by atoms with van der Waals surface area (Å²) in [5.41, 5.74) is 3.72. The third-order valence-corrected chi connectivity index (χ3v) is 6.46. The molecule has 1 aliphatic carbocycles. The van der Waals surface area contributed by atoms with Gasteiger partial charge >= 0.3 is 11.7 Å². The van der Waals surface area contributed by atoms with Gasteiger partial charge in [-0.05, 0) is 30.6 Å². The van der Waals surface area contributed by atoms with Crippen molar-refractivity contribution in [2.75, 3.05) is 11.5 Å². The Morgan fingerprint density at radius 3 is 2.89 bits per heavy atom. The molecule has 0 radical (unpaired) electrons. The van der Waals surface area contributed by atoms with Gasteiger partial charge in [-0.1, -0.05) is 27.2 Å². The third-order valence-electron chi connectivity index (χ3n) is 5.36. The van der Waals surface area contributed by atoms with Crippen LogP contribution in [-0.2, 0) is 14.3 Å². The van der Waals surface area contributed by atoms with Crippen molar-refractivity contribution in [3.05, 3.63) is 22.0 Å². The molecular formula is C18H26FN3O4S. The second-order valence-corrected chi connectivity index (χ2v) is 8.84. The summed E-state index contributed by atoms with van der Waals surface area (Å²) in [4.78, 5) is 29.7. The number of esters is 1. The Hall–Kier alpha value is -1.61. The molecule has 7 nitrogen and oxygen atoms in total. The van der Waals surface area contributed by atoms with Crippen molar-refractivity contribution in [3.63, 3.8) is 0 Å². The molecule has 0 aromatic carbocycles. The van der Waals surface area contributed by atoms with Gasteiger partial charge in [0.05, 0.1) is 5.69 Å². The third kappa shape index (κ3) is 4.45. The van der Waals surface area contributed by atoms with Gasteiger partial charge in [-0.15, -0.1) is 11.8 Å². The number of nitrogens with two attached hydrogens (primary N) is 1. The Morgan fingerprint density at radius 1 is 1.44 bits per heavy atom. The quantitative estimate of drug-likeness (QED) is 0.749. The zero-order valence-corrected chi connectivity index (χ0v) is 16.6. The summed E-state index contributed by atoms with van der Waals surface area (Å²) in [5, 5.41) is 0. The lowest BCUT2D eigenvalue weighted by Gasteiger charge is -2.37. The highest BCUT2D eigenvalue weighted by molar-refractivity contribution is 8.00. The van der Waals surface area contributed by atoms with Crippen molar-refractivity contribution >= 4 is 23.5 Å². The van der Waals surface area contributed by atoms with Crippen LogP contribution in [0.4, 0.5) is 10.2 Å². The SMILES string of the molecule is CC(C)C1CC[C@@H](C)CC1OC(=O)[C@H]1O[C@H](c2[nH]c(=O)nc(N)c2F)CS1. The lowest BCUT2D eigenvalue weighted by Crippen LogP contribution is -2.38. The fourth-order valence-corrected chi connectivity index (χ4v) is 4.85. The van der Waals surface area contributed by atoms with Crippen molar-refractivity contribution in [3.8, 4) is 0 Å². The lowest BCUT2D eigenvalue weighted by molar-refractivity contribution is -0.164. The first-order valence-corrected chi connectivity index (χ1v) is 10.3. The molecular weight excluding hydrogens is 373 g/mol. The first kappa shape index (κ1) is 20.1. The molecule has 27 heavy (non-hydrogen) atoms. The van der Waals surface area contributed by atoms with Crippen LogP contribution in [0.15, 0.2) is 4.79 Å². The van der Waals surface area contributed by atoms with Crippen LogP contribution in [0.3, 0.4) is 0 Å². The van der Waals surface area contributed by atoms with Crippen LogP contribution in [0, 0.1) is 23.6 Å². The first-order chi connectivity index (χ1) is 12.8. The molecule has 9 heteroatoms. The van der Waals surface area contributed by atoms with E-state index in [0.29, 0.717) is 23.5 Å². The van der Waals surface area contributed by atoms with Crippen molar-refractivity contribution in [2.24, 2.45) is 17.8 Å². The van der Waals surface area contributed by atoms with Crippen LogP contribution in [-0.4, -0.2) is 33.2 Å². The molecule has 0 spiro atoms. The zero-order valence-electron chi connectivity index (χ0n) is 15.7. The monoisotopic (exact) mass is 399 g/mol. The number of carbonyl (C=O) groups is 1. The number of ether oxygens (including phenoxy) is 2. The average molecular weight is 399 g/mol. The number of nitrogen functional groups attached to an aromatic ring is 1. The van der Waals surface area contributed by atoms with Gasteiger partial charge in [0.1, 0.15) is 12.2 Å². The van der Waals surface area contributed by atoms with Crippen molar-refractivity contribution < 1.29 is 18.7 Å².